The molecule has 1 heterocycles. The summed E-state index contributed by atoms with van der Waals surface area (Å²) in [5, 5.41) is 0. The molecule has 2 N–H and O–H groups in total. The highest BCUT2D eigenvalue weighted by molar-refractivity contribution is 5.71. The Morgan fingerprint density at radius 3 is 2.67 bits per heavy atom. The Morgan fingerprint density at radius 1 is 1.67 bits per heavy atom. The predicted octanol–water partition coefficient (Wildman–Crippen LogP) is -0.0851. The summed E-state index contributed by atoms with van der Waals surface area (Å²) in [4.78, 5) is 10.7. The minimum atomic E-state index is -0.338. The number of hydrogen-bond donors (Lipinski definition) is 1. The van der Waals surface area contributed by atoms with Crippen LogP contribution in [0.5, 0.6) is 0 Å². The van der Waals surface area contributed by atoms with E-state index in [1.54, 1.807) is 0 Å². The number of esters is 1. The van der Waals surface area contributed by atoms with Crippen LogP contribution in [0.25, 0.3) is 0 Å². The van der Waals surface area contributed by atoms with Crippen molar-refractivity contribution >= 4 is 5.97 Å². The molecule has 1 fully saturated rings. The molecule has 0 unspecified atom stereocenters. The van der Waals surface area contributed by atoms with Crippen molar-refractivity contribution < 1.29 is 14.3 Å². The second-order valence-electron chi connectivity index (χ2n) is 3.21. The van der Waals surface area contributed by atoms with Crippen LogP contribution in [0.2, 0.25) is 0 Å². The summed E-state index contributed by atoms with van der Waals surface area (Å²) >= 11 is 0. The van der Waals surface area contributed by atoms with E-state index in [0.29, 0.717) is 19.8 Å². The van der Waals surface area contributed by atoms with Gasteiger partial charge in [-0.3, -0.25) is 4.79 Å². The molecule has 70 valence electrons. The fourth-order valence-corrected chi connectivity index (χ4v) is 1.07. The van der Waals surface area contributed by atoms with E-state index < -0.39 is 0 Å². The normalized spacial score (nSPS) is 19.8. The van der Waals surface area contributed by atoms with E-state index in [0.717, 1.165) is 6.42 Å². The maximum Gasteiger partial charge on any atom is 0.319 e. The van der Waals surface area contributed by atoms with Gasteiger partial charge in [0.05, 0.1) is 25.2 Å². The number of carbonyl (C=O) groups excluding carboxylic acids is 1. The summed E-state index contributed by atoms with van der Waals surface area (Å²) in [6.45, 7) is 3.86. The molecule has 1 saturated heterocycles. The van der Waals surface area contributed by atoms with Crippen LogP contribution in [0.3, 0.4) is 0 Å². The van der Waals surface area contributed by atoms with Gasteiger partial charge in [-0.25, -0.2) is 0 Å². The van der Waals surface area contributed by atoms with Crippen molar-refractivity contribution in [2.45, 2.75) is 13.3 Å². The SMILES string of the molecule is CCC1(COC(=O)CN)COC1. The Bertz CT molecular complexity index is 160. The molecule has 1 aliphatic rings. The van der Waals surface area contributed by atoms with Crippen LogP contribution in [0.1, 0.15) is 13.3 Å². The molecule has 1 rings (SSSR count). The van der Waals surface area contributed by atoms with E-state index in [4.69, 9.17) is 15.2 Å². The van der Waals surface area contributed by atoms with Crippen LogP contribution in [0, 0.1) is 5.41 Å². The molecule has 1 aliphatic heterocycles. The van der Waals surface area contributed by atoms with Gasteiger partial charge in [-0.1, -0.05) is 6.92 Å². The van der Waals surface area contributed by atoms with Crippen LogP contribution < -0.4 is 5.73 Å². The molecular formula is C8H15NO3. The van der Waals surface area contributed by atoms with Gasteiger partial charge < -0.3 is 15.2 Å². The number of nitrogens with two attached hydrogens (primary N) is 1. The summed E-state index contributed by atoms with van der Waals surface area (Å²) in [5.74, 6) is -0.338. The quantitative estimate of drug-likeness (QED) is 0.604. The van der Waals surface area contributed by atoms with Gasteiger partial charge in [0, 0.05) is 0 Å². The predicted molar refractivity (Wildman–Crippen MR) is 43.6 cm³/mol. The van der Waals surface area contributed by atoms with Crippen molar-refractivity contribution in [2.75, 3.05) is 26.4 Å². The van der Waals surface area contributed by atoms with Crippen molar-refractivity contribution in [3.05, 3.63) is 0 Å². The summed E-state index contributed by atoms with van der Waals surface area (Å²) < 4.78 is 10.0. The highest BCUT2D eigenvalue weighted by Gasteiger charge is 2.38. The lowest BCUT2D eigenvalue weighted by molar-refractivity contribution is -0.169. The molecule has 0 aromatic heterocycles. The highest BCUT2D eigenvalue weighted by atomic mass is 16.5. The molecule has 0 aromatic rings. The van der Waals surface area contributed by atoms with Crippen molar-refractivity contribution in [2.24, 2.45) is 11.1 Å². The first-order chi connectivity index (χ1) is 5.72. The van der Waals surface area contributed by atoms with Gasteiger partial charge in [-0.15, -0.1) is 0 Å². The van der Waals surface area contributed by atoms with Crippen LogP contribution in [0.15, 0.2) is 0 Å². The molecule has 0 spiro atoms. The van der Waals surface area contributed by atoms with Gasteiger partial charge in [0.25, 0.3) is 0 Å². The van der Waals surface area contributed by atoms with Crippen LogP contribution in [-0.4, -0.2) is 32.3 Å². The van der Waals surface area contributed by atoms with E-state index in [1.807, 2.05) is 0 Å². The molecular weight excluding hydrogens is 158 g/mol. The monoisotopic (exact) mass is 173 g/mol. The molecule has 0 aromatic carbocycles. The molecule has 12 heavy (non-hydrogen) atoms. The molecule has 4 nitrogen and oxygen atoms in total. The lowest BCUT2D eigenvalue weighted by Crippen LogP contribution is -2.46. The fraction of sp³-hybridized carbons (Fsp3) is 0.875. The Labute approximate surface area is 72.0 Å². The van der Waals surface area contributed by atoms with Gasteiger partial charge >= 0.3 is 5.97 Å². The largest absolute Gasteiger partial charge is 0.464 e. The summed E-state index contributed by atoms with van der Waals surface area (Å²) in [5.41, 5.74) is 5.17. The Morgan fingerprint density at radius 2 is 2.33 bits per heavy atom. The third-order valence-electron chi connectivity index (χ3n) is 2.27. The molecule has 4 heteroatoms. The van der Waals surface area contributed by atoms with E-state index in [2.05, 4.69) is 6.92 Å². The minimum absolute atomic E-state index is 0.0410. The van der Waals surface area contributed by atoms with E-state index in [9.17, 15) is 4.79 Å². The number of rotatable bonds is 4. The molecule has 0 amide bonds. The topological polar surface area (TPSA) is 61.5 Å². The van der Waals surface area contributed by atoms with E-state index >= 15 is 0 Å². The lowest BCUT2D eigenvalue weighted by Gasteiger charge is -2.39. The number of hydrogen-bond acceptors (Lipinski definition) is 4. The zero-order valence-corrected chi connectivity index (χ0v) is 7.34. The van der Waals surface area contributed by atoms with E-state index in [1.165, 1.54) is 0 Å². The van der Waals surface area contributed by atoms with Crippen molar-refractivity contribution in [1.29, 1.82) is 0 Å². The van der Waals surface area contributed by atoms with E-state index in [-0.39, 0.29) is 17.9 Å². The van der Waals surface area contributed by atoms with Gasteiger partial charge in [-0.05, 0) is 6.42 Å². The lowest BCUT2D eigenvalue weighted by atomic mass is 9.84. The first-order valence-corrected chi connectivity index (χ1v) is 4.16. The van der Waals surface area contributed by atoms with Gasteiger partial charge in [0.2, 0.25) is 0 Å². The molecule has 0 saturated carbocycles. The zero-order chi connectivity index (χ0) is 9.03. The van der Waals surface area contributed by atoms with Gasteiger partial charge in [0.15, 0.2) is 0 Å². The van der Waals surface area contributed by atoms with Crippen LogP contribution in [-0.2, 0) is 14.3 Å². The van der Waals surface area contributed by atoms with Crippen molar-refractivity contribution in [1.82, 2.24) is 0 Å². The second kappa shape index (κ2) is 3.87. The van der Waals surface area contributed by atoms with Crippen molar-refractivity contribution in [3.63, 3.8) is 0 Å². The minimum Gasteiger partial charge on any atom is -0.464 e. The Hall–Kier alpha value is -0.610. The summed E-state index contributed by atoms with van der Waals surface area (Å²) in [6, 6.07) is 0. The Kier molecular flexibility index (Phi) is 3.05. The van der Waals surface area contributed by atoms with Crippen molar-refractivity contribution in [3.8, 4) is 0 Å². The van der Waals surface area contributed by atoms with Crippen LogP contribution in [0.4, 0.5) is 0 Å². The molecule has 0 aliphatic carbocycles. The smallest absolute Gasteiger partial charge is 0.319 e. The third kappa shape index (κ3) is 1.95. The molecule has 0 atom stereocenters. The first-order valence-electron chi connectivity index (χ1n) is 4.16. The first kappa shape index (κ1) is 9.48. The second-order valence-corrected chi connectivity index (χ2v) is 3.21. The summed E-state index contributed by atoms with van der Waals surface area (Å²) in [7, 11) is 0. The molecule has 0 bridgehead atoms. The maximum atomic E-state index is 10.7. The highest BCUT2D eigenvalue weighted by Crippen LogP contribution is 2.31. The number of ether oxygens (including phenoxy) is 2. The summed E-state index contributed by atoms with van der Waals surface area (Å²) in [6.07, 6.45) is 0.977. The Balaban J connectivity index is 2.24. The standard InChI is InChI=1S/C8H15NO3/c1-2-8(4-11-5-8)6-12-7(10)3-9/h2-6,9H2,1H3. The van der Waals surface area contributed by atoms with Gasteiger partial charge in [-0.2, -0.15) is 0 Å². The van der Waals surface area contributed by atoms with Crippen LogP contribution >= 0.6 is 0 Å². The van der Waals surface area contributed by atoms with Gasteiger partial charge in [0.1, 0.15) is 6.61 Å². The average molecular weight is 173 g/mol. The average Bonchev–Trinajstić information content (AvgIpc) is 2.03. The number of carbonyl (C=O) groups is 1. The zero-order valence-electron chi connectivity index (χ0n) is 7.34. The molecule has 0 radical (unpaired) electrons. The fourth-order valence-electron chi connectivity index (χ4n) is 1.07. The third-order valence-corrected chi connectivity index (χ3v) is 2.27. The maximum absolute atomic E-state index is 10.7.